The van der Waals surface area contributed by atoms with E-state index in [0.717, 1.165) is 29.6 Å². The minimum atomic E-state index is -0.192. The van der Waals surface area contributed by atoms with Crippen molar-refractivity contribution in [3.63, 3.8) is 0 Å². The van der Waals surface area contributed by atoms with Crippen molar-refractivity contribution in [3.05, 3.63) is 77.8 Å². The standard InChI is InChI=1S/C19H18FNO.ClH/c1-21(12-6-8-15-7-2-4-10-18(15)20)13-16-14-22-19-11-5-3-9-17(16)19;/h2-11,14H,12-13H2,1H3;1H/b8-6+;. The zero-order valence-corrected chi connectivity index (χ0v) is 13.7. The highest BCUT2D eigenvalue weighted by Crippen LogP contribution is 2.21. The topological polar surface area (TPSA) is 16.4 Å². The Kier molecular flexibility index (Phi) is 5.97. The smallest absolute Gasteiger partial charge is 0.134 e. The maximum absolute atomic E-state index is 13.5. The Labute approximate surface area is 141 Å². The fraction of sp³-hybridized carbons (Fsp3) is 0.158. The van der Waals surface area contributed by atoms with Gasteiger partial charge in [-0.3, -0.25) is 4.90 Å². The molecule has 1 aromatic heterocycles. The van der Waals surface area contributed by atoms with Gasteiger partial charge in [-0.2, -0.15) is 0 Å². The second kappa shape index (κ2) is 7.95. The molecule has 0 saturated heterocycles. The van der Waals surface area contributed by atoms with E-state index in [1.165, 1.54) is 6.07 Å². The molecule has 0 bridgehead atoms. The number of hydrogen-bond acceptors (Lipinski definition) is 2. The number of rotatable bonds is 5. The zero-order chi connectivity index (χ0) is 15.4. The average molecular weight is 332 g/mol. The maximum Gasteiger partial charge on any atom is 0.134 e. The lowest BCUT2D eigenvalue weighted by atomic mass is 10.1. The van der Waals surface area contributed by atoms with Crippen molar-refractivity contribution >= 4 is 29.5 Å². The summed E-state index contributed by atoms with van der Waals surface area (Å²) in [7, 11) is 2.04. The molecule has 3 aromatic rings. The van der Waals surface area contributed by atoms with Crippen LogP contribution in [0.15, 0.2) is 65.3 Å². The van der Waals surface area contributed by atoms with E-state index in [2.05, 4.69) is 11.0 Å². The molecule has 0 N–H and O–H groups in total. The number of halogens is 2. The van der Waals surface area contributed by atoms with Gasteiger partial charge in [-0.15, -0.1) is 12.4 Å². The monoisotopic (exact) mass is 331 g/mol. The minimum Gasteiger partial charge on any atom is -0.464 e. The van der Waals surface area contributed by atoms with Crippen LogP contribution in [-0.2, 0) is 6.54 Å². The Hall–Kier alpha value is -2.10. The summed E-state index contributed by atoms with van der Waals surface area (Å²) in [5.74, 6) is -0.192. The molecule has 4 heteroatoms. The van der Waals surface area contributed by atoms with Crippen LogP contribution in [0.1, 0.15) is 11.1 Å². The van der Waals surface area contributed by atoms with Gasteiger partial charge >= 0.3 is 0 Å². The molecule has 0 aliphatic carbocycles. The van der Waals surface area contributed by atoms with E-state index in [-0.39, 0.29) is 18.2 Å². The van der Waals surface area contributed by atoms with Gasteiger partial charge in [-0.1, -0.05) is 48.6 Å². The Morgan fingerprint density at radius 1 is 1.09 bits per heavy atom. The Bertz CT molecular complexity index is 797. The quantitative estimate of drug-likeness (QED) is 0.643. The molecule has 1 heterocycles. The fourth-order valence-electron chi connectivity index (χ4n) is 2.48. The first-order valence-corrected chi connectivity index (χ1v) is 7.29. The summed E-state index contributed by atoms with van der Waals surface area (Å²) in [6, 6.07) is 14.8. The molecule has 3 rings (SSSR count). The van der Waals surface area contributed by atoms with Gasteiger partial charge in [0.05, 0.1) is 6.26 Å². The third-order valence-electron chi connectivity index (χ3n) is 3.62. The van der Waals surface area contributed by atoms with Crippen LogP contribution in [0.2, 0.25) is 0 Å². The molecular formula is C19H19ClFNO. The lowest BCUT2D eigenvalue weighted by Gasteiger charge is -2.13. The van der Waals surface area contributed by atoms with Gasteiger partial charge in [0, 0.05) is 29.6 Å². The van der Waals surface area contributed by atoms with Crippen LogP contribution < -0.4 is 0 Å². The average Bonchev–Trinajstić information content (AvgIpc) is 2.92. The molecule has 120 valence electrons. The van der Waals surface area contributed by atoms with E-state index in [1.807, 2.05) is 49.7 Å². The van der Waals surface area contributed by atoms with Crippen LogP contribution in [0, 0.1) is 5.82 Å². The summed E-state index contributed by atoms with van der Waals surface area (Å²) in [6.45, 7) is 1.53. The molecule has 0 aliphatic rings. The summed E-state index contributed by atoms with van der Waals surface area (Å²) < 4.78 is 19.1. The van der Waals surface area contributed by atoms with Crippen molar-refractivity contribution in [2.75, 3.05) is 13.6 Å². The summed E-state index contributed by atoms with van der Waals surface area (Å²) in [6.07, 6.45) is 5.60. The van der Waals surface area contributed by atoms with Gasteiger partial charge < -0.3 is 4.42 Å². The number of para-hydroxylation sites is 1. The lowest BCUT2D eigenvalue weighted by molar-refractivity contribution is 0.363. The number of hydrogen-bond donors (Lipinski definition) is 0. The largest absolute Gasteiger partial charge is 0.464 e. The highest BCUT2D eigenvalue weighted by atomic mass is 35.5. The molecule has 0 fully saturated rings. The van der Waals surface area contributed by atoms with Crippen molar-refractivity contribution in [2.45, 2.75) is 6.54 Å². The van der Waals surface area contributed by atoms with E-state index in [0.29, 0.717) is 5.56 Å². The van der Waals surface area contributed by atoms with Crippen LogP contribution in [-0.4, -0.2) is 18.5 Å². The predicted molar refractivity (Wildman–Crippen MR) is 95.2 cm³/mol. The highest BCUT2D eigenvalue weighted by Gasteiger charge is 2.06. The van der Waals surface area contributed by atoms with Crippen molar-refractivity contribution in [1.29, 1.82) is 0 Å². The molecule has 2 nitrogen and oxygen atoms in total. The molecule has 0 amide bonds. The second-order valence-corrected chi connectivity index (χ2v) is 5.38. The first kappa shape index (κ1) is 17.3. The highest BCUT2D eigenvalue weighted by molar-refractivity contribution is 5.85. The van der Waals surface area contributed by atoms with Gasteiger partial charge in [0.2, 0.25) is 0 Å². The molecule has 0 saturated carbocycles. The third-order valence-corrected chi connectivity index (χ3v) is 3.62. The van der Waals surface area contributed by atoms with E-state index >= 15 is 0 Å². The van der Waals surface area contributed by atoms with E-state index in [4.69, 9.17) is 4.42 Å². The van der Waals surface area contributed by atoms with Gasteiger partial charge in [-0.25, -0.2) is 4.39 Å². The lowest BCUT2D eigenvalue weighted by Crippen LogP contribution is -2.17. The zero-order valence-electron chi connectivity index (χ0n) is 12.9. The van der Waals surface area contributed by atoms with Crippen molar-refractivity contribution in [3.8, 4) is 0 Å². The van der Waals surface area contributed by atoms with E-state index in [1.54, 1.807) is 12.1 Å². The molecule has 2 aromatic carbocycles. The van der Waals surface area contributed by atoms with E-state index in [9.17, 15) is 4.39 Å². The molecule has 0 radical (unpaired) electrons. The maximum atomic E-state index is 13.5. The normalized spacial score (nSPS) is 11.3. The van der Waals surface area contributed by atoms with Gasteiger partial charge in [-0.05, 0) is 19.2 Å². The number of benzene rings is 2. The van der Waals surface area contributed by atoms with Crippen molar-refractivity contribution in [1.82, 2.24) is 4.90 Å². The SMILES string of the molecule is CN(C/C=C/c1ccccc1F)Cc1coc2ccccc12.Cl. The summed E-state index contributed by atoms with van der Waals surface area (Å²) in [4.78, 5) is 2.16. The first-order chi connectivity index (χ1) is 10.7. The van der Waals surface area contributed by atoms with Crippen LogP contribution in [0.25, 0.3) is 17.0 Å². The van der Waals surface area contributed by atoms with Crippen LogP contribution in [0.4, 0.5) is 4.39 Å². The molecule has 0 aliphatic heterocycles. The predicted octanol–water partition coefficient (Wildman–Crippen LogP) is 5.14. The fourth-order valence-corrected chi connectivity index (χ4v) is 2.48. The number of likely N-dealkylation sites (N-methyl/N-ethyl adjacent to an activating group) is 1. The number of nitrogens with zero attached hydrogens (tertiary/aromatic N) is 1. The second-order valence-electron chi connectivity index (χ2n) is 5.38. The number of fused-ring (bicyclic) bond motifs is 1. The van der Waals surface area contributed by atoms with Gasteiger partial charge in [0.1, 0.15) is 11.4 Å². The molecule has 0 unspecified atom stereocenters. The van der Waals surface area contributed by atoms with Crippen LogP contribution >= 0.6 is 12.4 Å². The van der Waals surface area contributed by atoms with E-state index < -0.39 is 0 Å². The minimum absolute atomic E-state index is 0. The van der Waals surface area contributed by atoms with Gasteiger partial charge in [0.25, 0.3) is 0 Å². The molecular weight excluding hydrogens is 313 g/mol. The Morgan fingerprint density at radius 2 is 1.83 bits per heavy atom. The summed E-state index contributed by atoms with van der Waals surface area (Å²) in [5, 5.41) is 1.15. The summed E-state index contributed by atoms with van der Waals surface area (Å²) in [5.41, 5.74) is 2.69. The molecule has 0 spiro atoms. The Balaban J connectivity index is 0.00000192. The van der Waals surface area contributed by atoms with Crippen molar-refractivity contribution in [2.24, 2.45) is 0 Å². The van der Waals surface area contributed by atoms with Crippen LogP contribution in [0.3, 0.4) is 0 Å². The third kappa shape index (κ3) is 4.21. The number of furan rings is 1. The first-order valence-electron chi connectivity index (χ1n) is 7.29. The van der Waals surface area contributed by atoms with Crippen LogP contribution in [0.5, 0.6) is 0 Å². The molecule has 23 heavy (non-hydrogen) atoms. The van der Waals surface area contributed by atoms with Gasteiger partial charge in [0.15, 0.2) is 0 Å². The van der Waals surface area contributed by atoms with Crippen molar-refractivity contribution < 1.29 is 8.81 Å². The summed E-state index contributed by atoms with van der Waals surface area (Å²) >= 11 is 0. The Morgan fingerprint density at radius 3 is 2.65 bits per heavy atom. The molecule has 0 atom stereocenters.